The Kier molecular flexibility index (Phi) is 7.46. The highest BCUT2D eigenvalue weighted by molar-refractivity contribution is 5.88. The van der Waals surface area contributed by atoms with Crippen LogP contribution in [0.25, 0.3) is 0 Å². The molecule has 1 atom stereocenters. The number of amides is 2. The van der Waals surface area contributed by atoms with Crippen LogP contribution in [0, 0.1) is 0 Å². The molecular weight excluding hydrogens is 370 g/mol. The summed E-state index contributed by atoms with van der Waals surface area (Å²) in [6.45, 7) is 8.39. The minimum Gasteiger partial charge on any atom is -0.368 e. The second-order valence-corrected chi connectivity index (χ2v) is 7.37. The molecule has 158 valence electrons. The largest absolute Gasteiger partial charge is 0.368 e. The molecule has 1 aromatic carbocycles. The summed E-state index contributed by atoms with van der Waals surface area (Å²) < 4.78 is 5.53. The minimum absolute atomic E-state index is 0.0885. The summed E-state index contributed by atoms with van der Waals surface area (Å²) in [7, 11) is 0. The van der Waals surface area contributed by atoms with E-state index < -0.39 is 0 Å². The standard InChI is InChI=1S/C21H31N5O3/c1-3-22-21(23-15-17-6-4-7-18(14-17)24-16(2)27)26-11-9-25(10-12-26)20(28)19-8-5-13-29-19/h4,6-7,14,19H,3,5,8-13,15H2,1-2H3,(H,22,23)(H,24,27). The van der Waals surface area contributed by atoms with Crippen LogP contribution < -0.4 is 10.6 Å². The van der Waals surface area contributed by atoms with Crippen LogP contribution in [0.5, 0.6) is 0 Å². The van der Waals surface area contributed by atoms with Gasteiger partial charge in [0.1, 0.15) is 6.10 Å². The molecule has 0 aromatic heterocycles. The third-order valence-corrected chi connectivity index (χ3v) is 5.09. The molecule has 1 aromatic rings. The Morgan fingerprint density at radius 2 is 1.97 bits per heavy atom. The highest BCUT2D eigenvalue weighted by Gasteiger charge is 2.30. The van der Waals surface area contributed by atoms with Gasteiger partial charge in [-0.3, -0.25) is 9.59 Å². The molecule has 0 aliphatic carbocycles. The van der Waals surface area contributed by atoms with Crippen LogP contribution in [0.3, 0.4) is 0 Å². The molecule has 2 aliphatic heterocycles. The Labute approximate surface area is 172 Å². The molecule has 8 heteroatoms. The first kappa shape index (κ1) is 21.1. The lowest BCUT2D eigenvalue weighted by atomic mass is 10.2. The van der Waals surface area contributed by atoms with Gasteiger partial charge in [-0.25, -0.2) is 4.99 Å². The van der Waals surface area contributed by atoms with Crippen LogP contribution in [0.1, 0.15) is 32.3 Å². The van der Waals surface area contributed by atoms with Gasteiger partial charge in [0.2, 0.25) is 5.91 Å². The van der Waals surface area contributed by atoms with Crippen molar-refractivity contribution in [3.05, 3.63) is 29.8 Å². The smallest absolute Gasteiger partial charge is 0.251 e. The molecule has 2 saturated heterocycles. The third kappa shape index (κ3) is 5.93. The van der Waals surface area contributed by atoms with Crippen molar-refractivity contribution in [1.29, 1.82) is 0 Å². The van der Waals surface area contributed by atoms with Gasteiger partial charge < -0.3 is 25.2 Å². The zero-order valence-corrected chi connectivity index (χ0v) is 17.3. The van der Waals surface area contributed by atoms with Crippen LogP contribution >= 0.6 is 0 Å². The summed E-state index contributed by atoms with van der Waals surface area (Å²) in [6.07, 6.45) is 1.55. The summed E-state index contributed by atoms with van der Waals surface area (Å²) in [5.74, 6) is 0.884. The number of nitrogens with one attached hydrogen (secondary N) is 2. The molecule has 29 heavy (non-hydrogen) atoms. The quantitative estimate of drug-likeness (QED) is 0.576. The van der Waals surface area contributed by atoms with E-state index in [2.05, 4.69) is 15.5 Å². The highest BCUT2D eigenvalue weighted by Crippen LogP contribution is 2.16. The molecule has 2 fully saturated rings. The van der Waals surface area contributed by atoms with Crippen molar-refractivity contribution in [3.8, 4) is 0 Å². The summed E-state index contributed by atoms with van der Waals surface area (Å²) in [5, 5.41) is 6.15. The lowest BCUT2D eigenvalue weighted by molar-refractivity contribution is -0.142. The van der Waals surface area contributed by atoms with E-state index in [9.17, 15) is 9.59 Å². The zero-order valence-electron chi connectivity index (χ0n) is 17.3. The molecule has 2 N–H and O–H groups in total. The number of hydrogen-bond acceptors (Lipinski definition) is 4. The number of rotatable bonds is 5. The molecule has 2 aliphatic rings. The van der Waals surface area contributed by atoms with E-state index >= 15 is 0 Å². The molecule has 0 radical (unpaired) electrons. The maximum atomic E-state index is 12.5. The Morgan fingerprint density at radius 3 is 2.62 bits per heavy atom. The van der Waals surface area contributed by atoms with E-state index in [1.54, 1.807) is 0 Å². The van der Waals surface area contributed by atoms with Gasteiger partial charge in [0.05, 0.1) is 6.54 Å². The number of guanidine groups is 1. The van der Waals surface area contributed by atoms with E-state index in [0.29, 0.717) is 26.2 Å². The van der Waals surface area contributed by atoms with Crippen LogP contribution in [-0.2, 0) is 20.9 Å². The number of piperazine rings is 1. The first-order valence-corrected chi connectivity index (χ1v) is 10.4. The second-order valence-electron chi connectivity index (χ2n) is 7.37. The predicted octanol–water partition coefficient (Wildman–Crippen LogP) is 1.43. The van der Waals surface area contributed by atoms with Crippen LogP contribution in [-0.4, -0.2) is 73.0 Å². The SMILES string of the molecule is CCNC(=NCc1cccc(NC(C)=O)c1)N1CCN(C(=O)C2CCCO2)CC1. The van der Waals surface area contributed by atoms with Crippen LogP contribution in [0.15, 0.2) is 29.3 Å². The number of carbonyl (C=O) groups is 2. The van der Waals surface area contributed by atoms with Crippen molar-refractivity contribution in [2.45, 2.75) is 39.3 Å². The fourth-order valence-electron chi connectivity index (χ4n) is 3.66. The Hall–Kier alpha value is -2.61. The average molecular weight is 402 g/mol. The Morgan fingerprint density at radius 1 is 1.21 bits per heavy atom. The van der Waals surface area contributed by atoms with Crippen molar-refractivity contribution in [2.24, 2.45) is 4.99 Å². The number of ether oxygens (including phenoxy) is 1. The predicted molar refractivity (Wildman–Crippen MR) is 113 cm³/mol. The maximum absolute atomic E-state index is 12.5. The molecule has 3 rings (SSSR count). The normalized spacial score (nSPS) is 19.9. The third-order valence-electron chi connectivity index (χ3n) is 5.09. The monoisotopic (exact) mass is 401 g/mol. The fraction of sp³-hybridized carbons (Fsp3) is 0.571. The van der Waals surface area contributed by atoms with Gasteiger partial charge in [0, 0.05) is 51.9 Å². The van der Waals surface area contributed by atoms with Gasteiger partial charge in [-0.05, 0) is 37.5 Å². The van der Waals surface area contributed by atoms with E-state index in [-0.39, 0.29) is 17.9 Å². The molecule has 2 amide bonds. The average Bonchev–Trinajstić information content (AvgIpc) is 3.25. The number of nitrogens with zero attached hydrogens (tertiary/aromatic N) is 3. The van der Waals surface area contributed by atoms with Crippen molar-refractivity contribution in [2.75, 3.05) is 44.6 Å². The number of benzene rings is 1. The lowest BCUT2D eigenvalue weighted by Crippen LogP contribution is -2.55. The Bertz CT molecular complexity index is 738. The van der Waals surface area contributed by atoms with Crippen molar-refractivity contribution in [3.63, 3.8) is 0 Å². The second kappa shape index (κ2) is 10.2. The molecule has 0 spiro atoms. The van der Waals surface area contributed by atoms with Gasteiger partial charge in [-0.15, -0.1) is 0 Å². The van der Waals surface area contributed by atoms with Crippen LogP contribution in [0.4, 0.5) is 5.69 Å². The maximum Gasteiger partial charge on any atom is 0.251 e. The van der Waals surface area contributed by atoms with Crippen molar-refractivity contribution in [1.82, 2.24) is 15.1 Å². The lowest BCUT2D eigenvalue weighted by Gasteiger charge is -2.37. The topological polar surface area (TPSA) is 86.3 Å². The van der Waals surface area contributed by atoms with Crippen LogP contribution in [0.2, 0.25) is 0 Å². The fourth-order valence-corrected chi connectivity index (χ4v) is 3.66. The van der Waals surface area contributed by atoms with E-state index in [1.165, 1.54) is 6.92 Å². The molecule has 2 heterocycles. The molecular formula is C21H31N5O3. The number of aliphatic imine (C=N–C) groups is 1. The number of hydrogen-bond donors (Lipinski definition) is 2. The van der Waals surface area contributed by atoms with E-state index in [1.807, 2.05) is 36.1 Å². The van der Waals surface area contributed by atoms with Gasteiger partial charge >= 0.3 is 0 Å². The summed E-state index contributed by atoms with van der Waals surface area (Å²) >= 11 is 0. The van der Waals surface area contributed by atoms with Crippen molar-refractivity contribution >= 4 is 23.5 Å². The minimum atomic E-state index is -0.251. The number of anilines is 1. The van der Waals surface area contributed by atoms with Crippen molar-refractivity contribution < 1.29 is 14.3 Å². The number of carbonyl (C=O) groups excluding carboxylic acids is 2. The van der Waals surface area contributed by atoms with E-state index in [4.69, 9.17) is 9.73 Å². The first-order valence-electron chi connectivity index (χ1n) is 10.4. The van der Waals surface area contributed by atoms with Gasteiger partial charge in [-0.2, -0.15) is 0 Å². The highest BCUT2D eigenvalue weighted by atomic mass is 16.5. The molecule has 1 unspecified atom stereocenters. The zero-order chi connectivity index (χ0) is 20.6. The van der Waals surface area contributed by atoms with E-state index in [0.717, 1.165) is 49.7 Å². The summed E-state index contributed by atoms with van der Waals surface area (Å²) in [5.41, 5.74) is 1.80. The molecule has 0 bridgehead atoms. The van der Waals surface area contributed by atoms with Gasteiger partial charge in [0.25, 0.3) is 5.91 Å². The molecule has 8 nitrogen and oxygen atoms in total. The molecule has 0 saturated carbocycles. The van der Waals surface area contributed by atoms with Gasteiger partial charge in [-0.1, -0.05) is 12.1 Å². The Balaban J connectivity index is 1.58. The first-order chi connectivity index (χ1) is 14.1. The summed E-state index contributed by atoms with van der Waals surface area (Å²) in [4.78, 5) is 32.6. The van der Waals surface area contributed by atoms with Gasteiger partial charge in [0.15, 0.2) is 5.96 Å². The summed E-state index contributed by atoms with van der Waals surface area (Å²) in [6, 6.07) is 7.71.